The van der Waals surface area contributed by atoms with Gasteiger partial charge >= 0.3 is 5.97 Å². The normalized spacial score (nSPS) is 15.0. The van der Waals surface area contributed by atoms with E-state index in [9.17, 15) is 19.5 Å². The number of nitrogens with zero attached hydrogens (tertiary/aromatic N) is 5. The van der Waals surface area contributed by atoms with Crippen LogP contribution in [0.1, 0.15) is 88.0 Å². The molecule has 2 aromatic heterocycles. The summed E-state index contributed by atoms with van der Waals surface area (Å²) in [6, 6.07) is 14.6. The maximum absolute atomic E-state index is 13.7. The highest BCUT2D eigenvalue weighted by molar-refractivity contribution is 5.97. The molecule has 1 aliphatic rings. The van der Waals surface area contributed by atoms with Crippen LogP contribution in [0.3, 0.4) is 0 Å². The molecule has 3 heterocycles. The van der Waals surface area contributed by atoms with E-state index in [-0.39, 0.29) is 29.9 Å². The average Bonchev–Trinajstić information content (AvgIpc) is 3.64. The zero-order valence-electron chi connectivity index (χ0n) is 30.0. The van der Waals surface area contributed by atoms with Gasteiger partial charge in [-0.2, -0.15) is 0 Å². The molecule has 4 aromatic rings. The van der Waals surface area contributed by atoms with Crippen LogP contribution in [-0.2, 0) is 21.4 Å². The van der Waals surface area contributed by atoms with E-state index in [0.717, 1.165) is 41.0 Å². The molecule has 1 fully saturated rings. The van der Waals surface area contributed by atoms with E-state index in [1.54, 1.807) is 12.4 Å². The molecule has 2 aromatic carbocycles. The van der Waals surface area contributed by atoms with E-state index >= 15 is 0 Å². The molecule has 5 rings (SSSR count). The van der Waals surface area contributed by atoms with Gasteiger partial charge in [0.15, 0.2) is 5.82 Å². The number of carbonyl (C=O) groups is 3. The highest BCUT2D eigenvalue weighted by Gasteiger charge is 2.35. The van der Waals surface area contributed by atoms with Crippen LogP contribution in [0, 0.1) is 5.92 Å². The number of unbranched alkanes of at least 4 members (excludes halogenated alkanes) is 4. The van der Waals surface area contributed by atoms with Crippen LogP contribution in [-0.4, -0.2) is 73.5 Å². The third-order valence-corrected chi connectivity index (χ3v) is 9.05. The lowest BCUT2D eigenvalue weighted by molar-refractivity contribution is -0.141. The van der Waals surface area contributed by atoms with Gasteiger partial charge in [0, 0.05) is 60.8 Å². The smallest absolute Gasteiger partial charge is 0.308 e. The minimum absolute atomic E-state index is 0.104. The largest absolute Gasteiger partial charge is 0.494 e. The van der Waals surface area contributed by atoms with Crippen molar-refractivity contribution in [2.24, 2.45) is 5.92 Å². The quantitative estimate of drug-likeness (QED) is 0.133. The van der Waals surface area contributed by atoms with Gasteiger partial charge in [-0.25, -0.2) is 19.9 Å². The number of ether oxygens (including phenoxy) is 1. The third-order valence-electron chi connectivity index (χ3n) is 9.05. The highest BCUT2D eigenvalue weighted by Crippen LogP contribution is 2.25. The molecule has 0 aliphatic carbocycles. The van der Waals surface area contributed by atoms with Crippen molar-refractivity contribution < 1.29 is 24.2 Å². The van der Waals surface area contributed by atoms with Crippen molar-refractivity contribution in [1.29, 1.82) is 0 Å². The highest BCUT2D eigenvalue weighted by atomic mass is 16.5. The number of hydrogen-bond acceptors (Lipinski definition) is 8. The molecule has 268 valence electrons. The van der Waals surface area contributed by atoms with E-state index < -0.39 is 23.8 Å². The monoisotopic (exact) mass is 692 g/mol. The maximum Gasteiger partial charge on any atom is 0.308 e. The summed E-state index contributed by atoms with van der Waals surface area (Å²) >= 11 is 0. The van der Waals surface area contributed by atoms with E-state index in [4.69, 9.17) is 4.74 Å². The summed E-state index contributed by atoms with van der Waals surface area (Å²) in [4.78, 5) is 57.9. The molecule has 11 heteroatoms. The standard InChI is InChI=1S/C40H48N6O5/c1-5-6-7-8-9-20-51-33-16-14-28(15-17-33)31-22-41-35(42-23-31)29-12-10-27(11-13-29)21-34(37(48)46-19-18-30(26-46)38(49)50)45-36(47)32-24-43-39(44-25-32)40(2,3)4/h10-17,22-25,30,34H,5-9,18-21,26H2,1-4H3,(H,45,47)(H,49,50)/t30-,34-/m0/s1. The first kappa shape index (κ1) is 37.1. The molecular formula is C40H48N6O5. The summed E-state index contributed by atoms with van der Waals surface area (Å²) < 4.78 is 5.89. The second kappa shape index (κ2) is 17.2. The van der Waals surface area contributed by atoms with Gasteiger partial charge in [-0.15, -0.1) is 0 Å². The first-order valence-corrected chi connectivity index (χ1v) is 17.8. The molecule has 0 bridgehead atoms. The van der Waals surface area contributed by atoms with Crippen molar-refractivity contribution in [2.45, 2.75) is 84.1 Å². The van der Waals surface area contributed by atoms with Crippen LogP contribution in [0.5, 0.6) is 5.75 Å². The van der Waals surface area contributed by atoms with Crippen LogP contribution in [0.2, 0.25) is 0 Å². The van der Waals surface area contributed by atoms with Crippen molar-refractivity contribution in [3.05, 3.63) is 90.3 Å². The van der Waals surface area contributed by atoms with Crippen LogP contribution in [0.15, 0.2) is 73.3 Å². The van der Waals surface area contributed by atoms with Gasteiger partial charge in [0.05, 0.1) is 18.1 Å². The average molecular weight is 693 g/mol. The van der Waals surface area contributed by atoms with Gasteiger partial charge in [-0.3, -0.25) is 14.4 Å². The Morgan fingerprint density at radius 3 is 2.12 bits per heavy atom. The number of rotatable bonds is 15. The number of benzene rings is 2. The predicted octanol–water partition coefficient (Wildman–Crippen LogP) is 6.52. The van der Waals surface area contributed by atoms with Gasteiger partial charge in [-0.05, 0) is 36.1 Å². The van der Waals surface area contributed by atoms with Crippen molar-refractivity contribution in [2.75, 3.05) is 19.7 Å². The number of hydrogen-bond donors (Lipinski definition) is 2. The Hall–Kier alpha value is -5.19. The number of likely N-dealkylation sites (tertiary alicyclic amines) is 1. The summed E-state index contributed by atoms with van der Waals surface area (Å²) in [5.74, 6) is -0.354. The fourth-order valence-electron chi connectivity index (χ4n) is 5.95. The van der Waals surface area contributed by atoms with Crippen molar-refractivity contribution >= 4 is 17.8 Å². The molecule has 0 unspecified atom stereocenters. The molecule has 0 radical (unpaired) electrons. The number of carboxylic acids is 1. The molecule has 1 aliphatic heterocycles. The number of nitrogens with one attached hydrogen (secondary N) is 1. The molecule has 0 saturated carbocycles. The van der Waals surface area contributed by atoms with Crippen LogP contribution >= 0.6 is 0 Å². The first-order chi connectivity index (χ1) is 24.5. The lowest BCUT2D eigenvalue weighted by Gasteiger charge is -2.24. The Morgan fingerprint density at radius 2 is 1.51 bits per heavy atom. The summed E-state index contributed by atoms with van der Waals surface area (Å²) in [6.07, 6.45) is 13.1. The van der Waals surface area contributed by atoms with Gasteiger partial charge in [-0.1, -0.05) is 89.8 Å². The topological polar surface area (TPSA) is 148 Å². The van der Waals surface area contributed by atoms with E-state index in [2.05, 4.69) is 32.2 Å². The van der Waals surface area contributed by atoms with Crippen molar-refractivity contribution in [1.82, 2.24) is 30.2 Å². The molecule has 0 spiro atoms. The second-order valence-electron chi connectivity index (χ2n) is 14.2. The minimum Gasteiger partial charge on any atom is -0.494 e. The van der Waals surface area contributed by atoms with Gasteiger partial charge in [0.2, 0.25) is 5.91 Å². The SMILES string of the molecule is CCCCCCCOc1ccc(-c2cnc(-c3ccc(C[C@H](NC(=O)c4cnc(C(C)(C)C)nc4)C(=O)N4CC[C@H](C(=O)O)C4)cc3)nc2)cc1. The molecule has 1 saturated heterocycles. The van der Waals surface area contributed by atoms with E-state index in [1.807, 2.05) is 69.3 Å². The Labute approximate surface area is 299 Å². The number of aromatic nitrogens is 4. The number of carboxylic acid groups (broad SMARTS) is 1. The fourth-order valence-corrected chi connectivity index (χ4v) is 5.95. The summed E-state index contributed by atoms with van der Waals surface area (Å²) in [6.45, 7) is 9.30. The van der Waals surface area contributed by atoms with E-state index in [0.29, 0.717) is 24.6 Å². The summed E-state index contributed by atoms with van der Waals surface area (Å²) in [5, 5.41) is 12.3. The molecule has 2 amide bonds. The second-order valence-corrected chi connectivity index (χ2v) is 14.2. The lowest BCUT2D eigenvalue weighted by Crippen LogP contribution is -2.49. The first-order valence-electron chi connectivity index (χ1n) is 17.8. The zero-order valence-corrected chi connectivity index (χ0v) is 30.0. The summed E-state index contributed by atoms with van der Waals surface area (Å²) in [7, 11) is 0. The lowest BCUT2D eigenvalue weighted by atomic mass is 9.96. The van der Waals surface area contributed by atoms with Crippen molar-refractivity contribution in [3.63, 3.8) is 0 Å². The Kier molecular flexibility index (Phi) is 12.5. The maximum atomic E-state index is 13.7. The zero-order chi connectivity index (χ0) is 36.4. The molecule has 2 N–H and O–H groups in total. The molecule has 51 heavy (non-hydrogen) atoms. The Bertz CT molecular complexity index is 1750. The van der Waals surface area contributed by atoms with Gasteiger partial charge in [0.1, 0.15) is 17.6 Å². The number of aliphatic carboxylic acids is 1. The predicted molar refractivity (Wildman–Crippen MR) is 195 cm³/mol. The number of amides is 2. The third kappa shape index (κ3) is 10.2. The Morgan fingerprint density at radius 1 is 0.863 bits per heavy atom. The number of carbonyl (C=O) groups excluding carboxylic acids is 2. The van der Waals surface area contributed by atoms with Gasteiger partial charge < -0.3 is 20.1 Å². The van der Waals surface area contributed by atoms with Crippen LogP contribution in [0.4, 0.5) is 0 Å². The van der Waals surface area contributed by atoms with E-state index in [1.165, 1.54) is 43.0 Å². The van der Waals surface area contributed by atoms with Crippen LogP contribution < -0.4 is 10.1 Å². The van der Waals surface area contributed by atoms with Crippen molar-refractivity contribution in [3.8, 4) is 28.3 Å². The minimum atomic E-state index is -0.931. The molecular weight excluding hydrogens is 644 g/mol. The molecule has 11 nitrogen and oxygen atoms in total. The van der Waals surface area contributed by atoms with Crippen LogP contribution in [0.25, 0.3) is 22.5 Å². The fraction of sp³-hybridized carbons (Fsp3) is 0.425. The van der Waals surface area contributed by atoms with Gasteiger partial charge in [0.25, 0.3) is 5.91 Å². The summed E-state index contributed by atoms with van der Waals surface area (Å²) in [5.41, 5.74) is 3.46. The molecule has 2 atom stereocenters. The Balaban J connectivity index is 1.23.